The number of hydrogen-bond donors (Lipinski definition) is 2. The van der Waals surface area contributed by atoms with Crippen LogP contribution in [0.2, 0.25) is 0 Å². The lowest BCUT2D eigenvalue weighted by atomic mass is 9.98. The largest absolute Gasteiger partial charge is 0.496 e. The number of rotatable bonds is 6. The molecule has 3 rings (SSSR count). The number of hydrogen-bond acceptors (Lipinski definition) is 4. The van der Waals surface area contributed by atoms with Crippen LogP contribution in [0, 0.1) is 6.92 Å². The number of nitrogens with one attached hydrogen (secondary N) is 2. The molecule has 1 heterocycles. The van der Waals surface area contributed by atoms with Gasteiger partial charge in [-0.25, -0.2) is 0 Å². The fourth-order valence-corrected chi connectivity index (χ4v) is 3.89. The molecule has 5 nitrogen and oxygen atoms in total. The molecule has 0 saturated carbocycles. The number of nitrogens with zero attached hydrogens (tertiary/aromatic N) is 1. The lowest BCUT2D eigenvalue weighted by Crippen LogP contribution is -2.48. The van der Waals surface area contributed by atoms with Crippen molar-refractivity contribution in [3.63, 3.8) is 0 Å². The highest BCUT2D eigenvalue weighted by molar-refractivity contribution is 5.94. The number of benzene rings is 2. The third-order valence-corrected chi connectivity index (χ3v) is 5.39. The van der Waals surface area contributed by atoms with Crippen molar-refractivity contribution >= 4 is 11.6 Å². The molecule has 2 aromatic rings. The molecule has 150 valence electrons. The first-order valence-electron chi connectivity index (χ1n) is 9.98. The lowest BCUT2D eigenvalue weighted by Gasteiger charge is -2.36. The fraction of sp³-hybridized carbons (Fsp3) is 0.435. The molecule has 0 aromatic heterocycles. The lowest BCUT2D eigenvalue weighted by molar-refractivity contribution is -0.118. The molecular formula is C23H31N3O2. The van der Waals surface area contributed by atoms with Gasteiger partial charge in [-0.1, -0.05) is 50.2 Å². The Morgan fingerprint density at radius 3 is 2.79 bits per heavy atom. The van der Waals surface area contributed by atoms with E-state index in [0.717, 1.165) is 42.2 Å². The van der Waals surface area contributed by atoms with Gasteiger partial charge in [0.15, 0.2) is 0 Å². The van der Waals surface area contributed by atoms with E-state index in [0.29, 0.717) is 12.5 Å². The van der Waals surface area contributed by atoms with Crippen LogP contribution >= 0.6 is 0 Å². The third kappa shape index (κ3) is 4.54. The zero-order chi connectivity index (χ0) is 20.1. The molecule has 1 atom stereocenters. The van der Waals surface area contributed by atoms with Crippen molar-refractivity contribution in [1.29, 1.82) is 0 Å². The Morgan fingerprint density at radius 1 is 1.25 bits per heavy atom. The van der Waals surface area contributed by atoms with Crippen molar-refractivity contribution in [3.05, 3.63) is 59.2 Å². The second-order valence-corrected chi connectivity index (χ2v) is 7.67. The van der Waals surface area contributed by atoms with Gasteiger partial charge in [0.1, 0.15) is 5.75 Å². The van der Waals surface area contributed by atoms with Gasteiger partial charge in [0.05, 0.1) is 19.7 Å². The van der Waals surface area contributed by atoms with Crippen molar-refractivity contribution in [3.8, 4) is 5.75 Å². The van der Waals surface area contributed by atoms with Gasteiger partial charge >= 0.3 is 0 Å². The Morgan fingerprint density at radius 2 is 2.04 bits per heavy atom. The summed E-state index contributed by atoms with van der Waals surface area (Å²) < 4.78 is 5.55. The predicted octanol–water partition coefficient (Wildman–Crippen LogP) is 3.71. The van der Waals surface area contributed by atoms with Crippen molar-refractivity contribution in [2.75, 3.05) is 38.6 Å². The molecular weight excluding hydrogens is 350 g/mol. The standard InChI is InChI=1S/C23H31N3O2/c1-16(2)18-10-7-8-17(3)23(18)25-22(27)15-26-13-12-24-14-20(26)19-9-5-6-11-21(19)28-4/h5-11,16,20,24H,12-15H2,1-4H3,(H,25,27). The number of methoxy groups -OCH3 is 1. The Labute approximate surface area is 168 Å². The molecule has 0 radical (unpaired) electrons. The van der Waals surface area contributed by atoms with Gasteiger partial charge in [-0.05, 0) is 30.0 Å². The second kappa shape index (κ2) is 9.22. The SMILES string of the molecule is COc1ccccc1C1CNCCN1CC(=O)Nc1c(C)cccc1C(C)C. The Bertz CT molecular complexity index is 819. The van der Waals surface area contributed by atoms with Crippen molar-refractivity contribution in [2.24, 2.45) is 0 Å². The topological polar surface area (TPSA) is 53.6 Å². The Balaban J connectivity index is 1.77. The minimum absolute atomic E-state index is 0.0259. The zero-order valence-electron chi connectivity index (χ0n) is 17.3. The van der Waals surface area contributed by atoms with Gasteiger partial charge in [0.2, 0.25) is 5.91 Å². The van der Waals surface area contributed by atoms with Crippen LogP contribution < -0.4 is 15.4 Å². The number of carbonyl (C=O) groups excluding carboxylic acids is 1. The van der Waals surface area contributed by atoms with Crippen LogP contribution in [0.15, 0.2) is 42.5 Å². The number of ether oxygens (including phenoxy) is 1. The van der Waals surface area contributed by atoms with E-state index in [4.69, 9.17) is 4.74 Å². The summed E-state index contributed by atoms with van der Waals surface area (Å²) in [5.41, 5.74) is 4.34. The summed E-state index contributed by atoms with van der Waals surface area (Å²) in [6, 6.07) is 14.4. The molecule has 0 spiro atoms. The maximum absolute atomic E-state index is 12.9. The van der Waals surface area contributed by atoms with Crippen LogP contribution in [-0.4, -0.2) is 44.1 Å². The smallest absolute Gasteiger partial charge is 0.238 e. The number of carbonyl (C=O) groups is 1. The summed E-state index contributed by atoms with van der Waals surface area (Å²) in [4.78, 5) is 15.2. The van der Waals surface area contributed by atoms with E-state index >= 15 is 0 Å². The molecule has 1 unspecified atom stereocenters. The third-order valence-electron chi connectivity index (χ3n) is 5.39. The monoisotopic (exact) mass is 381 g/mol. The molecule has 1 aliphatic rings. The van der Waals surface area contributed by atoms with E-state index in [9.17, 15) is 4.79 Å². The van der Waals surface area contributed by atoms with Crippen LogP contribution in [-0.2, 0) is 4.79 Å². The van der Waals surface area contributed by atoms with Crippen LogP contribution in [0.4, 0.5) is 5.69 Å². The first-order chi connectivity index (χ1) is 13.5. The fourth-order valence-electron chi connectivity index (χ4n) is 3.89. The summed E-state index contributed by atoms with van der Waals surface area (Å²) in [5, 5.41) is 6.62. The molecule has 1 saturated heterocycles. The van der Waals surface area contributed by atoms with Crippen LogP contribution in [0.25, 0.3) is 0 Å². The Hall–Kier alpha value is -2.37. The maximum atomic E-state index is 12.9. The first kappa shape index (κ1) is 20.4. The van der Waals surface area contributed by atoms with Crippen LogP contribution in [0.1, 0.15) is 42.5 Å². The number of para-hydroxylation sites is 2. The van der Waals surface area contributed by atoms with Crippen molar-refractivity contribution in [2.45, 2.75) is 32.7 Å². The normalized spacial score (nSPS) is 17.5. The van der Waals surface area contributed by atoms with Gasteiger partial charge in [-0.2, -0.15) is 0 Å². The molecule has 1 fully saturated rings. The van der Waals surface area contributed by atoms with E-state index in [1.165, 1.54) is 5.56 Å². The first-order valence-corrected chi connectivity index (χ1v) is 9.98. The van der Waals surface area contributed by atoms with E-state index in [1.54, 1.807) is 7.11 Å². The predicted molar refractivity (Wildman–Crippen MR) is 114 cm³/mol. The molecule has 2 N–H and O–H groups in total. The minimum atomic E-state index is 0.0259. The summed E-state index contributed by atoms with van der Waals surface area (Å²) in [6.07, 6.45) is 0. The molecule has 1 aliphatic heterocycles. The highest BCUT2D eigenvalue weighted by Gasteiger charge is 2.28. The maximum Gasteiger partial charge on any atom is 0.238 e. The summed E-state index contributed by atoms with van der Waals surface area (Å²) in [6.45, 7) is 9.20. The summed E-state index contributed by atoms with van der Waals surface area (Å²) in [7, 11) is 1.69. The van der Waals surface area contributed by atoms with Gasteiger partial charge in [-0.3, -0.25) is 9.69 Å². The summed E-state index contributed by atoms with van der Waals surface area (Å²) >= 11 is 0. The molecule has 5 heteroatoms. The highest BCUT2D eigenvalue weighted by Crippen LogP contribution is 2.31. The second-order valence-electron chi connectivity index (χ2n) is 7.67. The molecule has 0 bridgehead atoms. The number of anilines is 1. The van der Waals surface area contributed by atoms with Gasteiger partial charge in [-0.15, -0.1) is 0 Å². The number of piperazine rings is 1. The quantitative estimate of drug-likeness (QED) is 0.801. The van der Waals surface area contributed by atoms with Crippen LogP contribution in [0.5, 0.6) is 5.75 Å². The average Bonchev–Trinajstić information content (AvgIpc) is 2.69. The van der Waals surface area contributed by atoms with E-state index in [-0.39, 0.29) is 11.9 Å². The highest BCUT2D eigenvalue weighted by atomic mass is 16.5. The van der Waals surface area contributed by atoms with Gasteiger partial charge < -0.3 is 15.4 Å². The molecule has 1 amide bonds. The Kier molecular flexibility index (Phi) is 6.70. The molecule has 0 aliphatic carbocycles. The van der Waals surface area contributed by atoms with E-state index in [2.05, 4.69) is 41.5 Å². The summed E-state index contributed by atoms with van der Waals surface area (Å²) in [5.74, 6) is 1.25. The minimum Gasteiger partial charge on any atom is -0.496 e. The van der Waals surface area contributed by atoms with Gasteiger partial charge in [0, 0.05) is 30.9 Å². The average molecular weight is 382 g/mol. The number of aryl methyl sites for hydroxylation is 1. The van der Waals surface area contributed by atoms with Crippen molar-refractivity contribution < 1.29 is 9.53 Å². The van der Waals surface area contributed by atoms with E-state index in [1.807, 2.05) is 37.3 Å². The number of amides is 1. The zero-order valence-corrected chi connectivity index (χ0v) is 17.3. The van der Waals surface area contributed by atoms with Gasteiger partial charge in [0.25, 0.3) is 0 Å². The van der Waals surface area contributed by atoms with E-state index < -0.39 is 0 Å². The van der Waals surface area contributed by atoms with Crippen molar-refractivity contribution in [1.82, 2.24) is 10.2 Å². The molecule has 2 aromatic carbocycles. The van der Waals surface area contributed by atoms with Crippen LogP contribution in [0.3, 0.4) is 0 Å². The molecule has 28 heavy (non-hydrogen) atoms.